The number of piperazine rings is 1. The van der Waals surface area contributed by atoms with E-state index >= 15 is 0 Å². The molecular weight excluding hydrogens is 297 g/mol. The number of carbonyl (C=O) groups is 2. The Labute approximate surface area is 118 Å². The minimum absolute atomic E-state index is 0.312. The number of amides is 2. The third-order valence-corrected chi connectivity index (χ3v) is 4.21. The number of carbonyl (C=O) groups excluding carboxylic acids is 2. The van der Waals surface area contributed by atoms with Crippen LogP contribution in [0.15, 0.2) is 6.07 Å². The zero-order valence-electron chi connectivity index (χ0n) is 9.28. The monoisotopic (exact) mass is 307 g/mol. The van der Waals surface area contributed by atoms with Gasteiger partial charge < -0.3 is 16.0 Å². The van der Waals surface area contributed by atoms with E-state index in [9.17, 15) is 9.59 Å². The Morgan fingerprint density at radius 2 is 2.22 bits per heavy atom. The van der Waals surface area contributed by atoms with Crippen molar-refractivity contribution >= 4 is 46.4 Å². The van der Waals surface area contributed by atoms with Gasteiger partial charge in [-0.15, -0.1) is 11.3 Å². The Morgan fingerprint density at radius 3 is 2.78 bits per heavy atom. The van der Waals surface area contributed by atoms with E-state index in [0.717, 1.165) is 11.3 Å². The van der Waals surface area contributed by atoms with E-state index in [0.29, 0.717) is 33.9 Å². The van der Waals surface area contributed by atoms with Gasteiger partial charge in [0.1, 0.15) is 10.4 Å². The van der Waals surface area contributed by atoms with Gasteiger partial charge >= 0.3 is 0 Å². The molecule has 2 amide bonds. The van der Waals surface area contributed by atoms with Gasteiger partial charge in [0.15, 0.2) is 0 Å². The molecule has 18 heavy (non-hydrogen) atoms. The summed E-state index contributed by atoms with van der Waals surface area (Å²) in [6, 6.07) is 0.859. The number of halogens is 2. The van der Waals surface area contributed by atoms with E-state index in [1.54, 1.807) is 0 Å². The van der Waals surface area contributed by atoms with Crippen LogP contribution < -0.4 is 11.1 Å². The van der Waals surface area contributed by atoms with Crippen LogP contribution in [-0.4, -0.2) is 42.4 Å². The molecule has 1 aliphatic heterocycles. The average Bonchev–Trinajstić information content (AvgIpc) is 2.67. The second-order valence-electron chi connectivity index (χ2n) is 3.86. The van der Waals surface area contributed by atoms with Gasteiger partial charge in [-0.2, -0.15) is 0 Å². The normalized spacial score (nSPS) is 19.9. The number of nitrogens with two attached hydrogens (primary N) is 1. The van der Waals surface area contributed by atoms with E-state index in [2.05, 4.69) is 5.32 Å². The van der Waals surface area contributed by atoms with E-state index in [1.807, 2.05) is 0 Å². The highest BCUT2D eigenvalue weighted by atomic mass is 35.5. The predicted octanol–water partition coefficient (Wildman–Crippen LogP) is 0.954. The molecule has 1 atom stereocenters. The summed E-state index contributed by atoms with van der Waals surface area (Å²) in [6.45, 7) is 1.39. The molecule has 3 N–H and O–H groups in total. The first-order valence-corrected chi connectivity index (χ1v) is 6.83. The highest BCUT2D eigenvalue weighted by molar-refractivity contribution is 7.20. The Hall–Kier alpha value is -0.820. The van der Waals surface area contributed by atoms with E-state index < -0.39 is 11.9 Å². The molecule has 1 aromatic heterocycles. The van der Waals surface area contributed by atoms with E-state index in [4.69, 9.17) is 28.9 Å². The molecule has 2 rings (SSSR count). The molecule has 5 nitrogen and oxygen atoms in total. The van der Waals surface area contributed by atoms with Crippen molar-refractivity contribution in [2.24, 2.45) is 5.73 Å². The molecule has 1 saturated heterocycles. The number of primary amides is 1. The first-order valence-electron chi connectivity index (χ1n) is 5.26. The molecule has 2 heterocycles. The fraction of sp³-hybridized carbons (Fsp3) is 0.400. The third kappa shape index (κ3) is 2.61. The summed E-state index contributed by atoms with van der Waals surface area (Å²) in [4.78, 5) is 25.1. The zero-order chi connectivity index (χ0) is 13.3. The molecule has 8 heteroatoms. The van der Waals surface area contributed by atoms with Gasteiger partial charge in [-0.1, -0.05) is 23.2 Å². The summed E-state index contributed by atoms with van der Waals surface area (Å²) in [7, 11) is 0. The SMILES string of the molecule is NC(=O)C1CNCCN1C(=O)c1cc(Cl)sc1Cl. The second kappa shape index (κ2) is 5.44. The van der Waals surface area contributed by atoms with Crippen LogP contribution in [0.3, 0.4) is 0 Å². The average molecular weight is 308 g/mol. The molecule has 1 aliphatic rings. The molecule has 0 saturated carbocycles. The van der Waals surface area contributed by atoms with Gasteiger partial charge in [-0.05, 0) is 6.07 Å². The minimum Gasteiger partial charge on any atom is -0.368 e. The molecule has 1 unspecified atom stereocenters. The molecule has 1 fully saturated rings. The smallest absolute Gasteiger partial charge is 0.257 e. The van der Waals surface area contributed by atoms with Crippen LogP contribution in [0.5, 0.6) is 0 Å². The van der Waals surface area contributed by atoms with Gasteiger partial charge in [0, 0.05) is 19.6 Å². The fourth-order valence-corrected chi connectivity index (χ4v) is 3.29. The van der Waals surface area contributed by atoms with Crippen LogP contribution >= 0.6 is 34.5 Å². The molecule has 0 bridgehead atoms. The first kappa shape index (κ1) is 13.6. The maximum absolute atomic E-state index is 12.3. The maximum atomic E-state index is 12.3. The molecular formula is C10H11Cl2N3O2S. The summed E-state index contributed by atoms with van der Waals surface area (Å²) in [6.07, 6.45) is 0. The van der Waals surface area contributed by atoms with Crippen molar-refractivity contribution in [3.05, 3.63) is 20.3 Å². The largest absolute Gasteiger partial charge is 0.368 e. The molecule has 1 aromatic rings. The molecule has 0 aromatic carbocycles. The van der Waals surface area contributed by atoms with Gasteiger partial charge in [0.2, 0.25) is 5.91 Å². The fourth-order valence-electron chi connectivity index (χ4n) is 1.84. The number of nitrogens with zero attached hydrogens (tertiary/aromatic N) is 1. The Balaban J connectivity index is 2.26. The van der Waals surface area contributed by atoms with Crippen molar-refractivity contribution in [1.82, 2.24) is 10.2 Å². The van der Waals surface area contributed by atoms with Crippen LogP contribution in [0, 0.1) is 0 Å². The second-order valence-corrected chi connectivity index (χ2v) is 6.14. The highest BCUT2D eigenvalue weighted by Gasteiger charge is 2.32. The summed E-state index contributed by atoms with van der Waals surface area (Å²) >= 11 is 12.9. The molecule has 98 valence electrons. The van der Waals surface area contributed by atoms with Crippen molar-refractivity contribution in [3.8, 4) is 0 Å². The summed E-state index contributed by atoms with van der Waals surface area (Å²) in [5, 5.41) is 3.02. The topological polar surface area (TPSA) is 75.4 Å². The lowest BCUT2D eigenvalue weighted by Crippen LogP contribution is -2.58. The van der Waals surface area contributed by atoms with Crippen molar-refractivity contribution in [2.75, 3.05) is 19.6 Å². The van der Waals surface area contributed by atoms with Crippen molar-refractivity contribution in [3.63, 3.8) is 0 Å². The molecule has 0 spiro atoms. The Kier molecular flexibility index (Phi) is 4.11. The van der Waals surface area contributed by atoms with Crippen molar-refractivity contribution in [1.29, 1.82) is 0 Å². The lowest BCUT2D eigenvalue weighted by atomic mass is 10.1. The van der Waals surface area contributed by atoms with Gasteiger partial charge in [-0.25, -0.2) is 0 Å². The summed E-state index contributed by atoms with van der Waals surface area (Å²) < 4.78 is 0.765. The lowest BCUT2D eigenvalue weighted by Gasteiger charge is -2.34. The van der Waals surface area contributed by atoms with E-state index in [1.165, 1.54) is 11.0 Å². The quantitative estimate of drug-likeness (QED) is 0.854. The van der Waals surface area contributed by atoms with Crippen LogP contribution in [0.1, 0.15) is 10.4 Å². The maximum Gasteiger partial charge on any atom is 0.257 e. The van der Waals surface area contributed by atoms with Crippen LogP contribution in [0.25, 0.3) is 0 Å². The Bertz CT molecular complexity index is 491. The number of hydrogen-bond acceptors (Lipinski definition) is 4. The van der Waals surface area contributed by atoms with Gasteiger partial charge in [0.25, 0.3) is 5.91 Å². The van der Waals surface area contributed by atoms with Gasteiger partial charge in [0.05, 0.1) is 9.90 Å². The zero-order valence-corrected chi connectivity index (χ0v) is 11.6. The minimum atomic E-state index is -0.652. The highest BCUT2D eigenvalue weighted by Crippen LogP contribution is 2.32. The van der Waals surface area contributed by atoms with Crippen LogP contribution in [-0.2, 0) is 4.79 Å². The first-order chi connectivity index (χ1) is 8.50. The number of rotatable bonds is 2. The van der Waals surface area contributed by atoms with Crippen LogP contribution in [0.4, 0.5) is 0 Å². The van der Waals surface area contributed by atoms with Crippen LogP contribution in [0.2, 0.25) is 8.67 Å². The van der Waals surface area contributed by atoms with Gasteiger partial charge in [-0.3, -0.25) is 9.59 Å². The van der Waals surface area contributed by atoms with E-state index in [-0.39, 0.29) is 5.91 Å². The number of nitrogens with one attached hydrogen (secondary N) is 1. The standard InChI is InChI=1S/C10H11Cl2N3O2S/c11-7-3-5(8(12)18-7)10(17)15-2-1-14-4-6(15)9(13)16/h3,6,14H,1-2,4H2,(H2,13,16). The Morgan fingerprint density at radius 1 is 1.50 bits per heavy atom. The number of hydrogen-bond donors (Lipinski definition) is 2. The number of thiophene rings is 1. The summed E-state index contributed by atoms with van der Waals surface area (Å²) in [5.74, 6) is -0.846. The van der Waals surface area contributed by atoms with Crippen molar-refractivity contribution < 1.29 is 9.59 Å². The summed E-state index contributed by atoms with van der Waals surface area (Å²) in [5.41, 5.74) is 5.61. The lowest BCUT2D eigenvalue weighted by molar-refractivity contribution is -0.122. The van der Waals surface area contributed by atoms with Crippen molar-refractivity contribution in [2.45, 2.75) is 6.04 Å². The third-order valence-electron chi connectivity index (χ3n) is 2.72. The molecule has 0 radical (unpaired) electrons. The molecule has 0 aliphatic carbocycles. The predicted molar refractivity (Wildman–Crippen MR) is 71.2 cm³/mol.